The fourth-order valence-corrected chi connectivity index (χ4v) is 4.28. The van der Waals surface area contributed by atoms with Crippen LogP contribution in [0.1, 0.15) is 136 Å². The predicted molar refractivity (Wildman–Crippen MR) is 174 cm³/mol. The summed E-state index contributed by atoms with van der Waals surface area (Å²) in [5.74, 6) is 0.00559. The number of hydrogen-bond donors (Lipinski definition) is 2. The van der Waals surface area contributed by atoms with Crippen molar-refractivity contribution < 1.29 is 29.3 Å². The van der Waals surface area contributed by atoms with Crippen LogP contribution in [0.4, 0.5) is 0 Å². The Kier molecular flexibility index (Phi) is 28.7. The van der Waals surface area contributed by atoms with Gasteiger partial charge in [-0.3, -0.25) is 9.59 Å². The average Bonchev–Trinajstić information content (AvgIpc) is 2.98. The SMILES string of the molecule is CCCCC/C=C\C/C=C\C/C=C\C=C\[C@@H](O)CCCC(=O)OC[C@H](CO)OC(=O)CCCCCCCCC(C)CC. The maximum absolute atomic E-state index is 12.1. The van der Waals surface area contributed by atoms with Crippen LogP contribution < -0.4 is 0 Å². The van der Waals surface area contributed by atoms with Gasteiger partial charge >= 0.3 is 11.9 Å². The number of rotatable bonds is 28. The van der Waals surface area contributed by atoms with E-state index in [0.29, 0.717) is 19.3 Å². The summed E-state index contributed by atoms with van der Waals surface area (Å²) in [6.45, 7) is 6.20. The summed E-state index contributed by atoms with van der Waals surface area (Å²) in [5, 5.41) is 19.6. The molecule has 2 N–H and O–H groups in total. The Balaban J connectivity index is 3.86. The molecule has 1 unspecified atom stereocenters. The van der Waals surface area contributed by atoms with E-state index in [0.717, 1.165) is 44.4 Å². The van der Waals surface area contributed by atoms with Gasteiger partial charge in [0.25, 0.3) is 0 Å². The molecule has 6 nitrogen and oxygen atoms in total. The summed E-state index contributed by atoms with van der Waals surface area (Å²) < 4.78 is 10.4. The number of allylic oxidation sites excluding steroid dienone is 7. The highest BCUT2D eigenvalue weighted by Crippen LogP contribution is 2.15. The molecule has 0 amide bonds. The lowest BCUT2D eigenvalue weighted by atomic mass is 10.00. The van der Waals surface area contributed by atoms with E-state index in [9.17, 15) is 19.8 Å². The first-order valence-electron chi connectivity index (χ1n) is 16.7. The van der Waals surface area contributed by atoms with E-state index in [4.69, 9.17) is 9.47 Å². The zero-order valence-electron chi connectivity index (χ0n) is 27.0. The van der Waals surface area contributed by atoms with Crippen LogP contribution in [-0.2, 0) is 19.1 Å². The van der Waals surface area contributed by atoms with Gasteiger partial charge < -0.3 is 19.7 Å². The van der Waals surface area contributed by atoms with E-state index in [1.165, 1.54) is 51.4 Å². The van der Waals surface area contributed by atoms with Crippen molar-refractivity contribution in [3.05, 3.63) is 48.6 Å². The van der Waals surface area contributed by atoms with Crippen LogP contribution >= 0.6 is 0 Å². The lowest BCUT2D eigenvalue weighted by Gasteiger charge is -2.16. The van der Waals surface area contributed by atoms with Gasteiger partial charge in [-0.1, -0.05) is 127 Å². The Morgan fingerprint density at radius 3 is 2.12 bits per heavy atom. The highest BCUT2D eigenvalue weighted by Gasteiger charge is 2.16. The fourth-order valence-electron chi connectivity index (χ4n) is 4.28. The molecule has 0 spiro atoms. The molecule has 0 aliphatic heterocycles. The smallest absolute Gasteiger partial charge is 0.306 e. The predicted octanol–water partition coefficient (Wildman–Crippen LogP) is 8.72. The van der Waals surface area contributed by atoms with Gasteiger partial charge in [0.2, 0.25) is 0 Å². The third-order valence-corrected chi connectivity index (χ3v) is 7.27. The van der Waals surface area contributed by atoms with Crippen LogP contribution in [0.3, 0.4) is 0 Å². The number of hydrogen-bond acceptors (Lipinski definition) is 6. The van der Waals surface area contributed by atoms with Crippen LogP contribution in [0.5, 0.6) is 0 Å². The molecule has 0 bridgehead atoms. The van der Waals surface area contributed by atoms with E-state index < -0.39 is 24.8 Å². The molecule has 0 rings (SSSR count). The minimum atomic E-state index is -0.843. The molecule has 0 saturated heterocycles. The average molecular weight is 591 g/mol. The first-order chi connectivity index (χ1) is 20.4. The number of carbonyl (C=O) groups excluding carboxylic acids is 2. The topological polar surface area (TPSA) is 93.1 Å². The number of esters is 2. The molecule has 3 atom stereocenters. The van der Waals surface area contributed by atoms with Gasteiger partial charge in [0.05, 0.1) is 12.7 Å². The maximum Gasteiger partial charge on any atom is 0.306 e. The molecule has 0 fully saturated rings. The molecule has 0 aromatic heterocycles. The Hall–Kier alpha value is -2.18. The van der Waals surface area contributed by atoms with Gasteiger partial charge in [0, 0.05) is 12.8 Å². The second-order valence-corrected chi connectivity index (χ2v) is 11.3. The second kappa shape index (κ2) is 30.3. The molecule has 6 heteroatoms. The fraction of sp³-hybridized carbons (Fsp3) is 0.722. The lowest BCUT2D eigenvalue weighted by molar-refractivity contribution is -0.161. The molecule has 0 radical (unpaired) electrons. The summed E-state index contributed by atoms with van der Waals surface area (Å²) in [5.41, 5.74) is 0. The van der Waals surface area contributed by atoms with Crippen molar-refractivity contribution in [3.8, 4) is 0 Å². The van der Waals surface area contributed by atoms with Crippen molar-refractivity contribution in [2.24, 2.45) is 5.92 Å². The Morgan fingerprint density at radius 2 is 1.40 bits per heavy atom. The number of ether oxygens (including phenoxy) is 2. The summed E-state index contributed by atoms with van der Waals surface area (Å²) in [7, 11) is 0. The minimum Gasteiger partial charge on any atom is -0.462 e. The number of aliphatic hydroxyl groups is 2. The van der Waals surface area contributed by atoms with Gasteiger partial charge in [-0.2, -0.15) is 0 Å². The van der Waals surface area contributed by atoms with Crippen molar-refractivity contribution in [2.45, 2.75) is 149 Å². The monoisotopic (exact) mass is 590 g/mol. The molecule has 0 heterocycles. The Labute approximate surface area is 257 Å². The van der Waals surface area contributed by atoms with Crippen molar-refractivity contribution >= 4 is 11.9 Å². The number of carbonyl (C=O) groups is 2. The van der Waals surface area contributed by atoms with E-state index in [1.54, 1.807) is 6.08 Å². The second-order valence-electron chi connectivity index (χ2n) is 11.3. The van der Waals surface area contributed by atoms with Crippen molar-refractivity contribution in [2.75, 3.05) is 13.2 Å². The van der Waals surface area contributed by atoms with E-state index >= 15 is 0 Å². The maximum atomic E-state index is 12.1. The molecule has 0 aliphatic carbocycles. The van der Waals surface area contributed by atoms with Gasteiger partial charge in [-0.15, -0.1) is 0 Å². The molecule has 0 aromatic rings. The van der Waals surface area contributed by atoms with Crippen LogP contribution in [0.15, 0.2) is 48.6 Å². The standard InChI is InChI=1S/C36H62O6/c1-4-6-7-8-9-10-11-12-13-14-15-19-22-26-33(38)27-24-29-35(39)41-31-34(30-37)42-36(40)28-23-20-17-16-18-21-25-32(3)5-2/h9-10,12-13,15,19,22,26,32-34,37-38H,4-8,11,14,16-18,20-21,23-25,27-31H2,1-3H3/b10-9-,13-12-,19-15-,26-22+/t32?,33-,34+/m1/s1. The Morgan fingerprint density at radius 1 is 0.738 bits per heavy atom. The Bertz CT molecular complexity index is 754. The van der Waals surface area contributed by atoms with Crippen LogP contribution in [0.25, 0.3) is 0 Å². The molecule has 42 heavy (non-hydrogen) atoms. The largest absolute Gasteiger partial charge is 0.462 e. The summed E-state index contributed by atoms with van der Waals surface area (Å²) in [4.78, 5) is 24.1. The molecule has 0 saturated carbocycles. The lowest BCUT2D eigenvalue weighted by Crippen LogP contribution is -2.28. The van der Waals surface area contributed by atoms with Gasteiger partial charge in [-0.05, 0) is 50.9 Å². The summed E-state index contributed by atoms with van der Waals surface area (Å²) in [6, 6.07) is 0. The normalized spacial score (nSPS) is 14.3. The number of unbranched alkanes of at least 4 members (excludes halogenated alkanes) is 8. The molecule has 0 aliphatic rings. The third-order valence-electron chi connectivity index (χ3n) is 7.27. The van der Waals surface area contributed by atoms with Gasteiger partial charge in [0.1, 0.15) is 6.61 Å². The molecular weight excluding hydrogens is 528 g/mol. The van der Waals surface area contributed by atoms with Crippen molar-refractivity contribution in [1.29, 1.82) is 0 Å². The summed E-state index contributed by atoms with van der Waals surface area (Å²) in [6.07, 6.45) is 32.0. The first-order valence-corrected chi connectivity index (χ1v) is 16.7. The van der Waals surface area contributed by atoms with Crippen molar-refractivity contribution in [3.63, 3.8) is 0 Å². The molecule has 0 aromatic carbocycles. The third kappa shape index (κ3) is 28.0. The quantitative estimate of drug-likeness (QED) is 0.0410. The van der Waals surface area contributed by atoms with E-state index in [1.807, 2.05) is 18.2 Å². The van der Waals surface area contributed by atoms with Crippen LogP contribution in [0, 0.1) is 5.92 Å². The minimum absolute atomic E-state index is 0.155. The zero-order chi connectivity index (χ0) is 31.1. The number of aliphatic hydroxyl groups excluding tert-OH is 2. The molecule has 242 valence electrons. The summed E-state index contributed by atoms with van der Waals surface area (Å²) >= 11 is 0. The highest BCUT2D eigenvalue weighted by molar-refractivity contribution is 5.70. The van der Waals surface area contributed by atoms with Gasteiger partial charge in [0.15, 0.2) is 6.10 Å². The first kappa shape index (κ1) is 39.8. The highest BCUT2D eigenvalue weighted by atomic mass is 16.6. The van der Waals surface area contributed by atoms with Crippen LogP contribution in [-0.4, -0.2) is 47.6 Å². The van der Waals surface area contributed by atoms with E-state index in [2.05, 4.69) is 45.1 Å². The van der Waals surface area contributed by atoms with Crippen LogP contribution in [0.2, 0.25) is 0 Å². The molecular formula is C36H62O6. The van der Waals surface area contributed by atoms with Crippen molar-refractivity contribution in [1.82, 2.24) is 0 Å². The zero-order valence-corrected chi connectivity index (χ0v) is 27.0. The van der Waals surface area contributed by atoms with E-state index in [-0.39, 0.29) is 19.0 Å². The van der Waals surface area contributed by atoms with Gasteiger partial charge in [-0.25, -0.2) is 0 Å².